The Morgan fingerprint density at radius 3 is 2.74 bits per heavy atom. The topological polar surface area (TPSA) is 32.3 Å². The maximum Gasteiger partial charge on any atom is 0.321 e. The second-order valence-electron chi connectivity index (χ2n) is 4.48. The average molecular weight is 298 g/mol. The van der Waals surface area contributed by atoms with Gasteiger partial charge in [0.2, 0.25) is 0 Å². The normalized spacial score (nSPS) is 12.0. The zero-order valence-corrected chi connectivity index (χ0v) is 13.6. The highest BCUT2D eigenvalue weighted by molar-refractivity contribution is 7.98. The molecule has 3 nitrogen and oxygen atoms in total. The largest absolute Gasteiger partial charge is 0.324 e. The number of thioether (sulfide) groups is 2. The minimum Gasteiger partial charge on any atom is -0.324 e. The maximum atomic E-state index is 12.1. The first-order chi connectivity index (χ1) is 9.08. The lowest BCUT2D eigenvalue weighted by Gasteiger charge is -2.24. The molecule has 0 heterocycles. The number of benzene rings is 1. The number of hydrogen-bond donors (Lipinski definition) is 1. The van der Waals surface area contributed by atoms with Gasteiger partial charge in [0, 0.05) is 30.3 Å². The zero-order chi connectivity index (χ0) is 14.3. The lowest BCUT2D eigenvalue weighted by Crippen LogP contribution is -2.39. The van der Waals surface area contributed by atoms with Crippen molar-refractivity contribution in [2.75, 3.05) is 30.6 Å². The molecule has 0 unspecified atom stereocenters. The molecule has 0 spiro atoms. The number of hydrogen-bond acceptors (Lipinski definition) is 3. The van der Waals surface area contributed by atoms with E-state index in [1.165, 1.54) is 5.56 Å². The van der Waals surface area contributed by atoms with E-state index in [1.54, 1.807) is 28.4 Å². The molecule has 2 amide bonds. The molecule has 5 heteroatoms. The van der Waals surface area contributed by atoms with Gasteiger partial charge in [-0.1, -0.05) is 12.1 Å². The highest BCUT2D eigenvalue weighted by Crippen LogP contribution is 2.15. The van der Waals surface area contributed by atoms with Crippen LogP contribution >= 0.6 is 23.5 Å². The molecule has 0 bridgehead atoms. The molecule has 0 fully saturated rings. The summed E-state index contributed by atoms with van der Waals surface area (Å²) in [6.07, 6.45) is 4.12. The summed E-state index contributed by atoms with van der Waals surface area (Å²) in [6.45, 7) is 2.06. The van der Waals surface area contributed by atoms with Crippen molar-refractivity contribution in [2.45, 2.75) is 18.7 Å². The number of carbonyl (C=O) groups excluding carboxylic acids is 1. The van der Waals surface area contributed by atoms with Crippen molar-refractivity contribution >= 4 is 35.2 Å². The van der Waals surface area contributed by atoms with Crippen molar-refractivity contribution in [2.24, 2.45) is 0 Å². The van der Waals surface area contributed by atoms with Gasteiger partial charge in [0.05, 0.1) is 0 Å². The molecular weight excluding hydrogens is 276 g/mol. The molecule has 106 valence electrons. The Morgan fingerprint density at radius 2 is 2.11 bits per heavy atom. The minimum absolute atomic E-state index is 0.0529. The Labute approximate surface area is 124 Å². The van der Waals surface area contributed by atoms with Gasteiger partial charge in [-0.15, -0.1) is 0 Å². The van der Waals surface area contributed by atoms with Crippen LogP contribution in [-0.2, 0) is 5.75 Å². The first-order valence-corrected chi connectivity index (χ1v) is 8.98. The molecule has 0 aromatic heterocycles. The van der Waals surface area contributed by atoms with E-state index in [4.69, 9.17) is 0 Å². The molecule has 1 N–H and O–H groups in total. The Bertz CT molecular complexity index is 412. The Kier molecular flexibility index (Phi) is 7.16. The standard InChI is InChI=1S/C14H22N2OS2/c1-11(9-18-3)16(2)14(17)15-13-7-5-6-12(8-13)10-19-4/h5-8,11H,9-10H2,1-4H3,(H,15,17)/t11-/m0/s1. The molecule has 0 aliphatic carbocycles. The third-order valence-electron chi connectivity index (χ3n) is 2.88. The van der Waals surface area contributed by atoms with Gasteiger partial charge < -0.3 is 10.2 Å². The number of nitrogens with one attached hydrogen (secondary N) is 1. The van der Waals surface area contributed by atoms with E-state index >= 15 is 0 Å². The summed E-state index contributed by atoms with van der Waals surface area (Å²) in [5.41, 5.74) is 2.09. The SMILES string of the molecule is CSCc1cccc(NC(=O)N(C)[C@@H](C)CSC)c1. The summed E-state index contributed by atoms with van der Waals surface area (Å²) in [4.78, 5) is 13.8. The maximum absolute atomic E-state index is 12.1. The summed E-state index contributed by atoms with van der Waals surface area (Å²) in [7, 11) is 1.84. The van der Waals surface area contributed by atoms with Crippen molar-refractivity contribution in [1.29, 1.82) is 0 Å². The summed E-state index contributed by atoms with van der Waals surface area (Å²) in [5.74, 6) is 1.90. The van der Waals surface area contributed by atoms with Crippen LogP contribution in [-0.4, -0.2) is 42.3 Å². The average Bonchev–Trinajstić information content (AvgIpc) is 2.39. The van der Waals surface area contributed by atoms with E-state index in [0.29, 0.717) is 0 Å². The molecule has 1 aromatic carbocycles. The number of anilines is 1. The summed E-state index contributed by atoms with van der Waals surface area (Å²) >= 11 is 3.52. The monoisotopic (exact) mass is 298 g/mol. The fourth-order valence-electron chi connectivity index (χ4n) is 1.67. The highest BCUT2D eigenvalue weighted by atomic mass is 32.2. The van der Waals surface area contributed by atoms with Gasteiger partial charge in [0.1, 0.15) is 0 Å². The Morgan fingerprint density at radius 1 is 1.37 bits per heavy atom. The van der Waals surface area contributed by atoms with Gasteiger partial charge in [-0.3, -0.25) is 0 Å². The van der Waals surface area contributed by atoms with Crippen LogP contribution in [0, 0.1) is 0 Å². The second kappa shape index (κ2) is 8.38. The summed E-state index contributed by atoms with van der Waals surface area (Å²) in [5, 5.41) is 2.95. The highest BCUT2D eigenvalue weighted by Gasteiger charge is 2.15. The van der Waals surface area contributed by atoms with Crippen molar-refractivity contribution in [3.8, 4) is 0 Å². The minimum atomic E-state index is -0.0529. The molecule has 0 saturated heterocycles. The van der Waals surface area contributed by atoms with Crippen molar-refractivity contribution < 1.29 is 4.79 Å². The van der Waals surface area contributed by atoms with Gasteiger partial charge >= 0.3 is 6.03 Å². The van der Waals surface area contributed by atoms with E-state index in [0.717, 1.165) is 17.2 Å². The predicted octanol–water partition coefficient (Wildman–Crippen LogP) is 3.76. The summed E-state index contributed by atoms with van der Waals surface area (Å²) < 4.78 is 0. The number of amides is 2. The molecule has 1 atom stereocenters. The third kappa shape index (κ3) is 5.37. The zero-order valence-electron chi connectivity index (χ0n) is 12.0. The molecule has 1 rings (SSSR count). The Balaban J connectivity index is 2.63. The van der Waals surface area contributed by atoms with Gasteiger partial charge in [0.25, 0.3) is 0 Å². The van der Waals surface area contributed by atoms with Crippen LogP contribution in [0.2, 0.25) is 0 Å². The lowest BCUT2D eigenvalue weighted by molar-refractivity contribution is 0.212. The number of carbonyl (C=O) groups is 1. The number of nitrogens with zero attached hydrogens (tertiary/aromatic N) is 1. The third-order valence-corrected chi connectivity index (χ3v) is 4.32. The first-order valence-electron chi connectivity index (χ1n) is 6.19. The molecule has 0 aliphatic heterocycles. The second-order valence-corrected chi connectivity index (χ2v) is 6.26. The fourth-order valence-corrected chi connectivity index (χ4v) is 2.89. The molecule has 1 aromatic rings. The molecule has 0 radical (unpaired) electrons. The molecule has 0 saturated carbocycles. The van der Waals surface area contributed by atoms with Crippen molar-refractivity contribution in [1.82, 2.24) is 4.90 Å². The molecular formula is C14H22N2OS2. The van der Waals surface area contributed by atoms with Gasteiger partial charge in [-0.05, 0) is 37.1 Å². The smallest absolute Gasteiger partial charge is 0.321 e. The van der Waals surface area contributed by atoms with E-state index < -0.39 is 0 Å². The van der Waals surface area contributed by atoms with Crippen LogP contribution < -0.4 is 5.32 Å². The number of urea groups is 1. The van der Waals surface area contributed by atoms with E-state index in [9.17, 15) is 4.79 Å². The predicted molar refractivity (Wildman–Crippen MR) is 88.3 cm³/mol. The van der Waals surface area contributed by atoms with Gasteiger partial charge in [-0.2, -0.15) is 23.5 Å². The number of rotatable bonds is 6. The van der Waals surface area contributed by atoms with Crippen molar-refractivity contribution in [3.63, 3.8) is 0 Å². The van der Waals surface area contributed by atoms with Gasteiger partial charge in [0.15, 0.2) is 0 Å². The van der Waals surface area contributed by atoms with Crippen molar-refractivity contribution in [3.05, 3.63) is 29.8 Å². The van der Waals surface area contributed by atoms with Crippen LogP contribution in [0.5, 0.6) is 0 Å². The van der Waals surface area contributed by atoms with E-state index in [2.05, 4.69) is 24.6 Å². The van der Waals surface area contributed by atoms with Gasteiger partial charge in [-0.25, -0.2) is 4.79 Å². The molecule has 0 aliphatic rings. The first kappa shape index (κ1) is 16.2. The van der Waals surface area contributed by atoms with E-state index in [1.807, 2.05) is 31.5 Å². The Hall–Kier alpha value is -0.810. The van der Waals surface area contributed by atoms with Crippen LogP contribution in [0.15, 0.2) is 24.3 Å². The van der Waals surface area contributed by atoms with Crippen LogP contribution in [0.1, 0.15) is 12.5 Å². The lowest BCUT2D eigenvalue weighted by atomic mass is 10.2. The summed E-state index contributed by atoms with van der Waals surface area (Å²) in [6, 6.07) is 8.18. The quantitative estimate of drug-likeness (QED) is 0.868. The van der Waals surface area contributed by atoms with Crippen LogP contribution in [0.4, 0.5) is 10.5 Å². The fraction of sp³-hybridized carbons (Fsp3) is 0.500. The van der Waals surface area contributed by atoms with Crippen LogP contribution in [0.3, 0.4) is 0 Å². The van der Waals surface area contributed by atoms with E-state index in [-0.39, 0.29) is 12.1 Å². The molecule has 19 heavy (non-hydrogen) atoms. The van der Waals surface area contributed by atoms with Crippen LogP contribution in [0.25, 0.3) is 0 Å².